The van der Waals surface area contributed by atoms with E-state index in [1.165, 1.54) is 35.4 Å². The summed E-state index contributed by atoms with van der Waals surface area (Å²) in [4.78, 5) is 16.5. The predicted octanol–water partition coefficient (Wildman–Crippen LogP) is 4.43. The van der Waals surface area contributed by atoms with E-state index in [-0.39, 0.29) is 6.04 Å². The van der Waals surface area contributed by atoms with Crippen molar-refractivity contribution in [2.24, 2.45) is 5.92 Å². The first-order valence-electron chi connectivity index (χ1n) is 7.79. The van der Waals surface area contributed by atoms with E-state index in [0.717, 1.165) is 23.9 Å². The number of hydrogen-bond donors (Lipinski definition) is 1. The number of aryl methyl sites for hydroxylation is 1. The Morgan fingerprint density at radius 1 is 1.38 bits per heavy atom. The zero-order chi connectivity index (χ0) is 15.0. The van der Waals surface area contributed by atoms with Gasteiger partial charge in [-0.1, -0.05) is 12.8 Å². The topological polar surface area (TPSA) is 40.5 Å². The summed E-state index contributed by atoms with van der Waals surface area (Å²) in [6, 6.07) is 2.33. The molecular formula is C16H22BrNO2S. The Hall–Kier alpha value is -0.390. The molecule has 1 aliphatic heterocycles. The van der Waals surface area contributed by atoms with Crippen LogP contribution < -0.4 is 0 Å². The molecule has 0 radical (unpaired) electrons. The van der Waals surface area contributed by atoms with Crippen LogP contribution in [0.15, 0.2) is 10.5 Å². The second-order valence-corrected chi connectivity index (χ2v) is 8.53. The minimum atomic E-state index is -0.647. The minimum absolute atomic E-state index is 0.300. The van der Waals surface area contributed by atoms with Gasteiger partial charge in [-0.2, -0.15) is 0 Å². The van der Waals surface area contributed by atoms with Gasteiger partial charge in [-0.15, -0.1) is 11.3 Å². The molecular weight excluding hydrogens is 350 g/mol. The fraction of sp³-hybridized carbons (Fsp3) is 0.688. The fourth-order valence-electron chi connectivity index (χ4n) is 4.00. The lowest BCUT2D eigenvalue weighted by Crippen LogP contribution is -2.54. The molecule has 1 aliphatic carbocycles. The Morgan fingerprint density at radius 2 is 2.14 bits per heavy atom. The molecule has 3 unspecified atom stereocenters. The van der Waals surface area contributed by atoms with E-state index in [9.17, 15) is 9.90 Å². The van der Waals surface area contributed by atoms with Crippen LogP contribution in [-0.4, -0.2) is 28.1 Å². The van der Waals surface area contributed by atoms with E-state index in [2.05, 4.69) is 33.8 Å². The maximum atomic E-state index is 11.7. The predicted molar refractivity (Wildman–Crippen MR) is 88.7 cm³/mol. The molecule has 0 amide bonds. The second kappa shape index (κ2) is 6.39. The summed E-state index contributed by atoms with van der Waals surface area (Å²) in [6.45, 7) is 2.89. The first-order valence-corrected chi connectivity index (χ1v) is 9.40. The molecule has 1 N–H and O–H groups in total. The van der Waals surface area contributed by atoms with Crippen molar-refractivity contribution in [2.45, 2.75) is 64.1 Å². The molecule has 3 nitrogen and oxygen atoms in total. The monoisotopic (exact) mass is 371 g/mol. The Labute approximate surface area is 138 Å². The number of carbonyl (C=O) groups is 1. The van der Waals surface area contributed by atoms with Gasteiger partial charge in [0, 0.05) is 26.8 Å². The highest BCUT2D eigenvalue weighted by Crippen LogP contribution is 2.39. The van der Waals surface area contributed by atoms with Crippen LogP contribution in [0.5, 0.6) is 0 Å². The van der Waals surface area contributed by atoms with Crippen molar-refractivity contribution < 1.29 is 9.90 Å². The molecule has 0 aromatic carbocycles. The van der Waals surface area contributed by atoms with Gasteiger partial charge in [-0.05, 0) is 60.5 Å². The summed E-state index contributed by atoms with van der Waals surface area (Å²) >= 11 is 5.35. The summed E-state index contributed by atoms with van der Waals surface area (Å²) < 4.78 is 1.14. The summed E-state index contributed by atoms with van der Waals surface area (Å²) in [5.41, 5.74) is 0. The molecule has 0 bridgehead atoms. The van der Waals surface area contributed by atoms with Crippen LogP contribution in [0.4, 0.5) is 0 Å². The van der Waals surface area contributed by atoms with Gasteiger partial charge in [0.05, 0.1) is 0 Å². The van der Waals surface area contributed by atoms with Gasteiger partial charge in [0.1, 0.15) is 6.04 Å². The van der Waals surface area contributed by atoms with Crippen molar-refractivity contribution in [3.8, 4) is 0 Å². The van der Waals surface area contributed by atoms with Crippen LogP contribution in [0.1, 0.15) is 48.3 Å². The average molecular weight is 372 g/mol. The van der Waals surface area contributed by atoms with Crippen LogP contribution in [0.2, 0.25) is 0 Å². The molecule has 1 aromatic heterocycles. The molecule has 2 heterocycles. The van der Waals surface area contributed by atoms with Crippen LogP contribution in [-0.2, 0) is 11.3 Å². The van der Waals surface area contributed by atoms with Crippen LogP contribution in [0.25, 0.3) is 0 Å². The maximum absolute atomic E-state index is 11.7. The lowest BCUT2D eigenvalue weighted by Gasteiger charge is -2.47. The second-order valence-electron chi connectivity index (χ2n) is 6.33. The number of piperidine rings is 1. The minimum Gasteiger partial charge on any atom is -0.480 e. The summed E-state index contributed by atoms with van der Waals surface area (Å²) in [5.74, 6) is 0.0604. The molecule has 1 saturated heterocycles. The zero-order valence-electron chi connectivity index (χ0n) is 12.3. The van der Waals surface area contributed by atoms with Gasteiger partial charge in [0.2, 0.25) is 0 Å². The van der Waals surface area contributed by atoms with E-state index in [4.69, 9.17) is 0 Å². The molecule has 116 valence electrons. The first-order chi connectivity index (χ1) is 10.1. The molecule has 1 aromatic rings. The largest absolute Gasteiger partial charge is 0.480 e. The third kappa shape index (κ3) is 3.20. The molecule has 1 saturated carbocycles. The lowest BCUT2D eigenvalue weighted by molar-refractivity contribution is -0.148. The number of likely N-dealkylation sites (tertiary alicyclic amines) is 1. The van der Waals surface area contributed by atoms with Gasteiger partial charge < -0.3 is 5.11 Å². The molecule has 2 aliphatic rings. The Bertz CT molecular complexity index is 511. The highest BCUT2D eigenvalue weighted by molar-refractivity contribution is 9.10. The van der Waals surface area contributed by atoms with E-state index >= 15 is 0 Å². The quantitative estimate of drug-likeness (QED) is 0.854. The van der Waals surface area contributed by atoms with Crippen LogP contribution in [0, 0.1) is 12.8 Å². The number of halogens is 1. The van der Waals surface area contributed by atoms with Gasteiger partial charge in [-0.25, -0.2) is 0 Å². The number of rotatable bonds is 3. The molecule has 0 spiro atoms. The average Bonchev–Trinajstić information content (AvgIpc) is 2.77. The fourth-order valence-corrected chi connectivity index (χ4v) is 5.61. The normalized spacial score (nSPS) is 30.1. The molecule has 3 atom stereocenters. The zero-order valence-corrected chi connectivity index (χ0v) is 14.8. The van der Waals surface area contributed by atoms with E-state index in [0.29, 0.717) is 12.0 Å². The van der Waals surface area contributed by atoms with Crippen molar-refractivity contribution in [3.63, 3.8) is 0 Å². The molecule has 5 heteroatoms. The Kier molecular flexibility index (Phi) is 4.71. The number of aliphatic carboxylic acids is 1. The Balaban J connectivity index is 1.83. The maximum Gasteiger partial charge on any atom is 0.320 e. The number of carboxylic acids is 1. The van der Waals surface area contributed by atoms with Crippen molar-refractivity contribution in [3.05, 3.63) is 20.3 Å². The number of fused-ring (bicyclic) bond motifs is 1. The van der Waals surface area contributed by atoms with Crippen LogP contribution >= 0.6 is 27.3 Å². The Morgan fingerprint density at radius 3 is 2.81 bits per heavy atom. The van der Waals surface area contributed by atoms with Crippen molar-refractivity contribution in [1.82, 2.24) is 4.90 Å². The molecule has 2 fully saturated rings. The first kappa shape index (κ1) is 15.5. The highest BCUT2D eigenvalue weighted by atomic mass is 79.9. The van der Waals surface area contributed by atoms with E-state index in [1.54, 1.807) is 11.3 Å². The number of thiophene rings is 1. The third-order valence-corrected chi connectivity index (χ3v) is 7.16. The standard InChI is InChI=1S/C16H22BrNO2S/c1-10-13(17)8-12(21-10)9-18-14-5-3-2-4-11(14)6-7-15(18)16(19)20/h8,11,14-15H,2-7,9H2,1H3,(H,19,20). The smallest absolute Gasteiger partial charge is 0.320 e. The van der Waals surface area contributed by atoms with Gasteiger partial charge in [0.15, 0.2) is 0 Å². The summed E-state index contributed by atoms with van der Waals surface area (Å²) in [6.07, 6.45) is 6.90. The highest BCUT2D eigenvalue weighted by Gasteiger charge is 2.41. The van der Waals surface area contributed by atoms with Crippen molar-refractivity contribution >= 4 is 33.2 Å². The van der Waals surface area contributed by atoms with E-state index < -0.39 is 5.97 Å². The van der Waals surface area contributed by atoms with Crippen molar-refractivity contribution in [1.29, 1.82) is 0 Å². The SMILES string of the molecule is Cc1sc(CN2C(C(=O)O)CCC3CCCCC32)cc1Br. The number of hydrogen-bond acceptors (Lipinski definition) is 3. The summed E-state index contributed by atoms with van der Waals surface area (Å²) in [5, 5.41) is 9.59. The third-order valence-electron chi connectivity index (χ3n) is 5.04. The molecule has 3 rings (SSSR count). The van der Waals surface area contributed by atoms with Crippen LogP contribution in [0.3, 0.4) is 0 Å². The van der Waals surface area contributed by atoms with Gasteiger partial charge >= 0.3 is 5.97 Å². The lowest BCUT2D eigenvalue weighted by atomic mass is 9.76. The molecule has 21 heavy (non-hydrogen) atoms. The summed E-state index contributed by atoms with van der Waals surface area (Å²) in [7, 11) is 0. The number of carboxylic acid groups (broad SMARTS) is 1. The van der Waals surface area contributed by atoms with Gasteiger partial charge in [0.25, 0.3) is 0 Å². The van der Waals surface area contributed by atoms with E-state index in [1.807, 2.05) is 0 Å². The van der Waals surface area contributed by atoms with Gasteiger partial charge in [-0.3, -0.25) is 9.69 Å². The van der Waals surface area contributed by atoms with Crippen molar-refractivity contribution in [2.75, 3.05) is 0 Å². The number of nitrogens with zero attached hydrogens (tertiary/aromatic N) is 1.